The van der Waals surface area contributed by atoms with Crippen LogP contribution in [0.15, 0.2) is 30.3 Å². The Balaban J connectivity index is 2.28. The van der Waals surface area contributed by atoms with Crippen LogP contribution in [0.25, 0.3) is 0 Å². The van der Waals surface area contributed by atoms with E-state index in [4.69, 9.17) is 0 Å². The fourth-order valence-electron chi connectivity index (χ4n) is 2.28. The number of nitrogens with one attached hydrogen (secondary N) is 1. The van der Waals surface area contributed by atoms with Gasteiger partial charge in [0.15, 0.2) is 0 Å². The summed E-state index contributed by atoms with van der Waals surface area (Å²) in [5.41, 5.74) is 3.86. The Labute approximate surface area is 118 Å². The zero-order valence-corrected chi connectivity index (χ0v) is 12.2. The normalized spacial score (nSPS) is 12.3. The van der Waals surface area contributed by atoms with Crippen molar-refractivity contribution in [2.75, 3.05) is 5.32 Å². The van der Waals surface area contributed by atoms with Crippen LogP contribution in [-0.4, -0.2) is 0 Å². The molecule has 0 aliphatic carbocycles. The van der Waals surface area contributed by atoms with Gasteiger partial charge in [-0.25, -0.2) is 8.78 Å². The summed E-state index contributed by atoms with van der Waals surface area (Å²) in [6.07, 6.45) is 0. The molecule has 1 unspecified atom stereocenters. The van der Waals surface area contributed by atoms with Crippen LogP contribution < -0.4 is 5.32 Å². The minimum atomic E-state index is -0.381. The molecular weight excluding hydrogens is 256 g/mol. The molecule has 0 saturated heterocycles. The molecule has 0 bridgehead atoms. The van der Waals surface area contributed by atoms with E-state index in [9.17, 15) is 8.78 Å². The van der Waals surface area contributed by atoms with Crippen LogP contribution in [-0.2, 0) is 0 Å². The second-order valence-electron chi connectivity index (χ2n) is 5.31. The maximum atomic E-state index is 13.9. The van der Waals surface area contributed by atoms with Crippen molar-refractivity contribution < 1.29 is 8.78 Å². The monoisotopic (exact) mass is 275 g/mol. The smallest absolute Gasteiger partial charge is 0.128 e. The second-order valence-corrected chi connectivity index (χ2v) is 5.31. The Hall–Kier alpha value is -1.90. The molecule has 1 N–H and O–H groups in total. The predicted octanol–water partition coefficient (Wildman–Crippen LogP) is 5.06. The zero-order valence-electron chi connectivity index (χ0n) is 12.2. The van der Waals surface area contributed by atoms with E-state index in [1.165, 1.54) is 17.7 Å². The van der Waals surface area contributed by atoms with E-state index >= 15 is 0 Å². The molecular formula is C17H19F2N. The molecule has 2 aromatic carbocycles. The minimum Gasteiger partial charge on any atom is -0.378 e. The first-order valence-electron chi connectivity index (χ1n) is 6.68. The SMILES string of the molecule is Cc1ccc(NC(C)c2cc(F)c(C)cc2F)c(C)c1. The van der Waals surface area contributed by atoms with E-state index in [-0.39, 0.29) is 17.7 Å². The predicted molar refractivity (Wildman–Crippen MR) is 79.0 cm³/mol. The molecule has 0 aliphatic rings. The number of hydrogen-bond donors (Lipinski definition) is 1. The molecule has 0 heterocycles. The first-order chi connectivity index (χ1) is 9.38. The van der Waals surface area contributed by atoms with E-state index in [1.54, 1.807) is 6.92 Å². The van der Waals surface area contributed by atoms with E-state index < -0.39 is 0 Å². The molecule has 106 valence electrons. The highest BCUT2D eigenvalue weighted by Gasteiger charge is 2.14. The van der Waals surface area contributed by atoms with Crippen LogP contribution in [0.4, 0.5) is 14.5 Å². The number of hydrogen-bond acceptors (Lipinski definition) is 1. The van der Waals surface area contributed by atoms with Crippen molar-refractivity contribution in [2.45, 2.75) is 33.7 Å². The first-order valence-corrected chi connectivity index (χ1v) is 6.68. The van der Waals surface area contributed by atoms with Gasteiger partial charge in [-0.15, -0.1) is 0 Å². The lowest BCUT2D eigenvalue weighted by molar-refractivity contribution is 0.571. The van der Waals surface area contributed by atoms with Crippen molar-refractivity contribution in [1.82, 2.24) is 0 Å². The van der Waals surface area contributed by atoms with Gasteiger partial charge in [-0.05, 0) is 57.0 Å². The summed E-state index contributed by atoms with van der Waals surface area (Å²) in [6, 6.07) is 8.22. The van der Waals surface area contributed by atoms with Gasteiger partial charge in [0.1, 0.15) is 11.6 Å². The third-order valence-corrected chi connectivity index (χ3v) is 3.50. The standard InChI is InChI=1S/C17H19F2N/c1-10-5-6-17(12(3)7-10)20-13(4)14-9-15(18)11(2)8-16(14)19/h5-9,13,20H,1-4H3. The lowest BCUT2D eigenvalue weighted by Crippen LogP contribution is -2.10. The van der Waals surface area contributed by atoms with Crippen LogP contribution >= 0.6 is 0 Å². The summed E-state index contributed by atoms with van der Waals surface area (Å²) < 4.78 is 27.5. The Bertz CT molecular complexity index is 635. The van der Waals surface area contributed by atoms with Crippen molar-refractivity contribution in [3.8, 4) is 0 Å². The van der Waals surface area contributed by atoms with Gasteiger partial charge < -0.3 is 5.32 Å². The first kappa shape index (κ1) is 14.5. The molecule has 1 nitrogen and oxygen atoms in total. The maximum Gasteiger partial charge on any atom is 0.128 e. The molecule has 2 rings (SSSR count). The molecule has 20 heavy (non-hydrogen) atoms. The lowest BCUT2D eigenvalue weighted by atomic mass is 10.0. The Kier molecular flexibility index (Phi) is 4.07. The third kappa shape index (κ3) is 2.98. The van der Waals surface area contributed by atoms with Crippen molar-refractivity contribution in [1.29, 1.82) is 0 Å². The van der Waals surface area contributed by atoms with Gasteiger partial charge in [0.2, 0.25) is 0 Å². The molecule has 0 aliphatic heterocycles. The molecule has 0 aromatic heterocycles. The van der Waals surface area contributed by atoms with Crippen molar-refractivity contribution in [2.24, 2.45) is 0 Å². The van der Waals surface area contributed by atoms with E-state index in [0.29, 0.717) is 11.1 Å². The largest absolute Gasteiger partial charge is 0.378 e. The fourth-order valence-corrected chi connectivity index (χ4v) is 2.28. The van der Waals surface area contributed by atoms with E-state index in [2.05, 4.69) is 11.4 Å². The molecule has 0 spiro atoms. The Morgan fingerprint density at radius 1 is 0.900 bits per heavy atom. The van der Waals surface area contributed by atoms with Crippen molar-refractivity contribution >= 4 is 5.69 Å². The molecule has 0 amide bonds. The van der Waals surface area contributed by atoms with Crippen LogP contribution in [0.2, 0.25) is 0 Å². The fraction of sp³-hybridized carbons (Fsp3) is 0.294. The van der Waals surface area contributed by atoms with Crippen LogP contribution in [0.5, 0.6) is 0 Å². The lowest BCUT2D eigenvalue weighted by Gasteiger charge is -2.19. The molecule has 0 radical (unpaired) electrons. The highest BCUT2D eigenvalue weighted by Crippen LogP contribution is 2.26. The van der Waals surface area contributed by atoms with Gasteiger partial charge in [0.05, 0.1) is 6.04 Å². The molecule has 1 atom stereocenters. The third-order valence-electron chi connectivity index (χ3n) is 3.50. The number of halogens is 2. The van der Waals surface area contributed by atoms with Gasteiger partial charge in [0, 0.05) is 11.3 Å². The van der Waals surface area contributed by atoms with Crippen LogP contribution in [0.1, 0.15) is 35.2 Å². The summed E-state index contributed by atoms with van der Waals surface area (Å²) in [4.78, 5) is 0. The molecule has 2 aromatic rings. The number of aryl methyl sites for hydroxylation is 3. The van der Waals surface area contributed by atoms with Crippen molar-refractivity contribution in [3.63, 3.8) is 0 Å². The number of rotatable bonds is 3. The highest BCUT2D eigenvalue weighted by atomic mass is 19.1. The molecule has 0 saturated carbocycles. The van der Waals surface area contributed by atoms with Crippen LogP contribution in [0, 0.1) is 32.4 Å². The summed E-state index contributed by atoms with van der Waals surface area (Å²) in [7, 11) is 0. The van der Waals surface area contributed by atoms with Crippen LogP contribution in [0.3, 0.4) is 0 Å². The summed E-state index contributed by atoms with van der Waals surface area (Å²) >= 11 is 0. The maximum absolute atomic E-state index is 13.9. The average molecular weight is 275 g/mol. The zero-order chi connectivity index (χ0) is 14.9. The van der Waals surface area contributed by atoms with E-state index in [0.717, 1.165) is 11.3 Å². The molecule has 0 fully saturated rings. The second kappa shape index (κ2) is 5.61. The van der Waals surface area contributed by atoms with Gasteiger partial charge in [-0.2, -0.15) is 0 Å². The molecule has 3 heteroatoms. The van der Waals surface area contributed by atoms with Gasteiger partial charge in [-0.3, -0.25) is 0 Å². The topological polar surface area (TPSA) is 12.0 Å². The average Bonchev–Trinajstić information content (AvgIpc) is 2.37. The Morgan fingerprint density at radius 2 is 1.60 bits per heavy atom. The summed E-state index contributed by atoms with van der Waals surface area (Å²) in [6.45, 7) is 7.40. The highest BCUT2D eigenvalue weighted by molar-refractivity contribution is 5.53. The summed E-state index contributed by atoms with van der Waals surface area (Å²) in [5, 5.41) is 3.23. The Morgan fingerprint density at radius 3 is 2.25 bits per heavy atom. The van der Waals surface area contributed by atoms with Gasteiger partial charge in [0.25, 0.3) is 0 Å². The number of anilines is 1. The van der Waals surface area contributed by atoms with Gasteiger partial charge in [-0.1, -0.05) is 17.7 Å². The van der Waals surface area contributed by atoms with Crippen molar-refractivity contribution in [3.05, 3.63) is 64.2 Å². The summed E-state index contributed by atoms with van der Waals surface area (Å²) in [5.74, 6) is -0.760. The quantitative estimate of drug-likeness (QED) is 0.825. The number of benzene rings is 2. The minimum absolute atomic E-state index is 0.300. The van der Waals surface area contributed by atoms with E-state index in [1.807, 2.05) is 32.9 Å². The van der Waals surface area contributed by atoms with Gasteiger partial charge >= 0.3 is 0 Å².